The van der Waals surface area contributed by atoms with Crippen LogP contribution in [0.3, 0.4) is 0 Å². The van der Waals surface area contributed by atoms with E-state index in [-0.39, 0.29) is 5.75 Å². The summed E-state index contributed by atoms with van der Waals surface area (Å²) in [5, 5.41) is 19.5. The lowest BCUT2D eigenvalue weighted by molar-refractivity contribution is -0.153. The van der Waals surface area contributed by atoms with E-state index in [1.54, 1.807) is 12.1 Å². The molecule has 1 aliphatic rings. The highest BCUT2D eigenvalue weighted by Gasteiger charge is 2.41. The summed E-state index contributed by atoms with van der Waals surface area (Å²) < 4.78 is 0. The summed E-state index contributed by atoms with van der Waals surface area (Å²) in [6.07, 6.45) is 3.18. The van der Waals surface area contributed by atoms with Gasteiger partial charge in [-0.3, -0.25) is 14.7 Å². The third-order valence-corrected chi connectivity index (χ3v) is 4.30. The molecule has 1 aliphatic heterocycles. The molecule has 1 aromatic rings. The minimum atomic E-state index is -0.699. The van der Waals surface area contributed by atoms with E-state index < -0.39 is 11.4 Å². The molecule has 0 aromatic carbocycles. The summed E-state index contributed by atoms with van der Waals surface area (Å²) in [6, 6.07) is 3.42. The lowest BCUT2D eigenvalue weighted by Crippen LogP contribution is -2.47. The normalized spacial score (nSPS) is 23.1. The summed E-state index contributed by atoms with van der Waals surface area (Å²) in [4.78, 5) is 18.2. The molecular weight excluding hydrogens is 268 g/mol. The number of likely N-dealkylation sites (tertiary alicyclic amines) is 1. The van der Waals surface area contributed by atoms with Crippen LogP contribution >= 0.6 is 0 Å². The molecule has 1 unspecified atom stereocenters. The Hall–Kier alpha value is -1.62. The Balaban J connectivity index is 2.13. The van der Waals surface area contributed by atoms with Crippen LogP contribution in [0.25, 0.3) is 0 Å². The maximum absolute atomic E-state index is 11.7. The van der Waals surface area contributed by atoms with Crippen LogP contribution in [0.2, 0.25) is 0 Å². The van der Waals surface area contributed by atoms with Crippen molar-refractivity contribution in [2.45, 2.75) is 46.1 Å². The number of nitrogens with zero attached hydrogens (tertiary/aromatic N) is 2. The number of rotatable bonds is 5. The van der Waals surface area contributed by atoms with Crippen molar-refractivity contribution in [2.24, 2.45) is 5.41 Å². The van der Waals surface area contributed by atoms with E-state index in [1.165, 1.54) is 0 Å². The SMILES string of the molecule is CCCC1(C(=O)O)CCCN(Cc2nc(C)ccc2O)C1. The lowest BCUT2D eigenvalue weighted by atomic mass is 9.76. The van der Waals surface area contributed by atoms with E-state index in [2.05, 4.69) is 9.88 Å². The molecule has 2 rings (SSSR count). The van der Waals surface area contributed by atoms with Gasteiger partial charge in [-0.2, -0.15) is 0 Å². The first-order chi connectivity index (χ1) is 9.97. The monoisotopic (exact) mass is 292 g/mol. The Morgan fingerprint density at radius 1 is 1.48 bits per heavy atom. The van der Waals surface area contributed by atoms with E-state index in [1.807, 2.05) is 13.8 Å². The zero-order valence-corrected chi connectivity index (χ0v) is 12.8. The second kappa shape index (κ2) is 6.43. The first-order valence-corrected chi connectivity index (χ1v) is 7.58. The fourth-order valence-corrected chi connectivity index (χ4v) is 3.26. The molecule has 5 nitrogen and oxygen atoms in total. The van der Waals surface area contributed by atoms with Gasteiger partial charge in [-0.15, -0.1) is 0 Å². The van der Waals surface area contributed by atoms with Crippen LogP contribution in [-0.2, 0) is 11.3 Å². The Bertz CT molecular complexity index is 514. The van der Waals surface area contributed by atoms with Crippen molar-refractivity contribution in [2.75, 3.05) is 13.1 Å². The zero-order chi connectivity index (χ0) is 15.5. The van der Waals surface area contributed by atoms with Crippen LogP contribution in [0.4, 0.5) is 0 Å². The number of aromatic hydroxyl groups is 1. The lowest BCUT2D eigenvalue weighted by Gasteiger charge is -2.39. The number of carboxylic acids is 1. The average Bonchev–Trinajstić information content (AvgIpc) is 2.43. The van der Waals surface area contributed by atoms with Gasteiger partial charge in [-0.05, 0) is 44.9 Å². The fourth-order valence-electron chi connectivity index (χ4n) is 3.26. The molecule has 0 spiro atoms. The van der Waals surface area contributed by atoms with Crippen molar-refractivity contribution in [3.8, 4) is 5.75 Å². The molecule has 0 bridgehead atoms. The van der Waals surface area contributed by atoms with Gasteiger partial charge in [-0.25, -0.2) is 0 Å². The van der Waals surface area contributed by atoms with Crippen molar-refractivity contribution in [1.82, 2.24) is 9.88 Å². The standard InChI is InChI=1S/C16H24N2O3/c1-3-7-16(15(20)21)8-4-9-18(11-16)10-13-14(19)6-5-12(2)17-13/h5-6,19H,3-4,7-11H2,1-2H3,(H,20,21). The number of hydrogen-bond donors (Lipinski definition) is 2. The third-order valence-electron chi connectivity index (χ3n) is 4.30. The van der Waals surface area contributed by atoms with Crippen molar-refractivity contribution >= 4 is 5.97 Å². The van der Waals surface area contributed by atoms with Gasteiger partial charge in [-0.1, -0.05) is 13.3 Å². The van der Waals surface area contributed by atoms with Gasteiger partial charge in [0.1, 0.15) is 5.75 Å². The van der Waals surface area contributed by atoms with Gasteiger partial charge < -0.3 is 10.2 Å². The molecule has 0 radical (unpaired) electrons. The van der Waals surface area contributed by atoms with E-state index in [0.717, 1.165) is 31.5 Å². The second-order valence-corrected chi connectivity index (χ2v) is 6.07. The van der Waals surface area contributed by atoms with E-state index >= 15 is 0 Å². The van der Waals surface area contributed by atoms with Crippen molar-refractivity contribution < 1.29 is 15.0 Å². The van der Waals surface area contributed by atoms with Crippen LogP contribution in [0, 0.1) is 12.3 Å². The van der Waals surface area contributed by atoms with Crippen LogP contribution < -0.4 is 0 Å². The second-order valence-electron chi connectivity index (χ2n) is 6.07. The Morgan fingerprint density at radius 3 is 2.90 bits per heavy atom. The number of aryl methyl sites for hydroxylation is 1. The molecule has 1 saturated heterocycles. The summed E-state index contributed by atoms with van der Waals surface area (Å²) in [6.45, 7) is 5.81. The smallest absolute Gasteiger partial charge is 0.310 e. The van der Waals surface area contributed by atoms with Crippen LogP contribution in [-0.4, -0.2) is 39.2 Å². The first-order valence-electron chi connectivity index (χ1n) is 7.58. The Labute approximate surface area is 125 Å². The van der Waals surface area contributed by atoms with Gasteiger partial charge in [0.25, 0.3) is 0 Å². The molecular formula is C16H24N2O3. The number of carbonyl (C=O) groups is 1. The van der Waals surface area contributed by atoms with Crippen LogP contribution in [0.15, 0.2) is 12.1 Å². The van der Waals surface area contributed by atoms with E-state index in [9.17, 15) is 15.0 Å². The van der Waals surface area contributed by atoms with Crippen molar-refractivity contribution in [3.63, 3.8) is 0 Å². The molecule has 2 N–H and O–H groups in total. The highest BCUT2D eigenvalue weighted by Crippen LogP contribution is 2.35. The maximum Gasteiger partial charge on any atom is 0.310 e. The Morgan fingerprint density at radius 2 is 2.24 bits per heavy atom. The quantitative estimate of drug-likeness (QED) is 0.872. The molecule has 1 aromatic heterocycles. The summed E-state index contributed by atoms with van der Waals surface area (Å²) in [5.41, 5.74) is 0.845. The number of piperidine rings is 1. The molecule has 0 amide bonds. The van der Waals surface area contributed by atoms with Crippen LogP contribution in [0.5, 0.6) is 5.75 Å². The van der Waals surface area contributed by atoms with Gasteiger partial charge >= 0.3 is 5.97 Å². The number of aromatic nitrogens is 1. The van der Waals surface area contributed by atoms with Gasteiger partial charge in [0.2, 0.25) is 0 Å². The highest BCUT2D eigenvalue weighted by atomic mass is 16.4. The minimum absolute atomic E-state index is 0.183. The van der Waals surface area contributed by atoms with Gasteiger partial charge in [0.15, 0.2) is 0 Å². The van der Waals surface area contributed by atoms with Gasteiger partial charge in [0, 0.05) is 18.8 Å². The summed E-state index contributed by atoms with van der Waals surface area (Å²) >= 11 is 0. The van der Waals surface area contributed by atoms with Crippen molar-refractivity contribution in [1.29, 1.82) is 0 Å². The minimum Gasteiger partial charge on any atom is -0.506 e. The topological polar surface area (TPSA) is 73.7 Å². The molecule has 1 atom stereocenters. The molecule has 0 aliphatic carbocycles. The van der Waals surface area contributed by atoms with Crippen molar-refractivity contribution in [3.05, 3.63) is 23.5 Å². The molecule has 0 saturated carbocycles. The highest BCUT2D eigenvalue weighted by molar-refractivity contribution is 5.75. The van der Waals surface area contributed by atoms with E-state index in [0.29, 0.717) is 25.2 Å². The number of pyridine rings is 1. The largest absolute Gasteiger partial charge is 0.506 e. The molecule has 1 fully saturated rings. The first kappa shape index (κ1) is 15.8. The number of aliphatic carboxylic acids is 1. The predicted octanol–water partition coefficient (Wildman–Crippen LogP) is 2.56. The number of carboxylic acid groups (broad SMARTS) is 1. The average molecular weight is 292 g/mol. The molecule has 5 heteroatoms. The molecule has 21 heavy (non-hydrogen) atoms. The zero-order valence-electron chi connectivity index (χ0n) is 12.8. The third kappa shape index (κ3) is 3.53. The Kier molecular flexibility index (Phi) is 4.83. The van der Waals surface area contributed by atoms with Crippen LogP contribution in [0.1, 0.15) is 44.0 Å². The maximum atomic E-state index is 11.7. The predicted molar refractivity (Wildman–Crippen MR) is 80.1 cm³/mol. The number of hydrogen-bond acceptors (Lipinski definition) is 4. The summed E-state index contributed by atoms with van der Waals surface area (Å²) in [5.74, 6) is -0.516. The summed E-state index contributed by atoms with van der Waals surface area (Å²) in [7, 11) is 0. The van der Waals surface area contributed by atoms with E-state index in [4.69, 9.17) is 0 Å². The molecule has 116 valence electrons. The molecule has 2 heterocycles. The van der Waals surface area contributed by atoms with Gasteiger partial charge in [0.05, 0.1) is 11.1 Å². The fraction of sp³-hybridized carbons (Fsp3) is 0.625.